The highest BCUT2D eigenvalue weighted by Gasteiger charge is 2.20. The second-order valence-corrected chi connectivity index (χ2v) is 5.23. The molecule has 1 aliphatic heterocycles. The van der Waals surface area contributed by atoms with Gasteiger partial charge in [0.2, 0.25) is 5.88 Å². The molecular weight excluding hydrogens is 256 g/mol. The summed E-state index contributed by atoms with van der Waals surface area (Å²) in [5, 5.41) is 11.8. The van der Waals surface area contributed by atoms with Gasteiger partial charge in [-0.3, -0.25) is 0 Å². The van der Waals surface area contributed by atoms with Crippen LogP contribution in [0, 0.1) is 6.92 Å². The Morgan fingerprint density at radius 1 is 1.55 bits per heavy atom. The smallest absolute Gasteiger partial charge is 0.224 e. The lowest BCUT2D eigenvalue weighted by atomic mass is 10.0. The lowest BCUT2D eigenvalue weighted by molar-refractivity contribution is 0.122. The summed E-state index contributed by atoms with van der Waals surface area (Å²) in [7, 11) is 2.11. The Labute approximate surface area is 119 Å². The number of nitrogens with two attached hydrogens (primary N) is 1. The molecule has 0 bridgehead atoms. The number of nitrogens with zero attached hydrogens (tertiary/aromatic N) is 3. The first-order chi connectivity index (χ1) is 9.61. The molecule has 3 N–H and O–H groups in total. The van der Waals surface area contributed by atoms with Gasteiger partial charge in [-0.15, -0.1) is 0 Å². The average molecular weight is 278 g/mol. The Morgan fingerprint density at radius 3 is 3.05 bits per heavy atom. The van der Waals surface area contributed by atoms with Crippen molar-refractivity contribution in [2.24, 2.45) is 10.9 Å². The van der Waals surface area contributed by atoms with E-state index >= 15 is 0 Å². The van der Waals surface area contributed by atoms with E-state index in [-0.39, 0.29) is 5.84 Å². The van der Waals surface area contributed by atoms with Crippen molar-refractivity contribution >= 4 is 5.84 Å². The van der Waals surface area contributed by atoms with Crippen molar-refractivity contribution in [1.29, 1.82) is 0 Å². The average Bonchev–Trinajstić information content (AvgIpc) is 2.46. The molecular formula is C14H22N4O2. The van der Waals surface area contributed by atoms with Gasteiger partial charge in [0.15, 0.2) is 5.84 Å². The third-order valence-electron chi connectivity index (χ3n) is 3.72. The number of hydrogen-bond acceptors (Lipinski definition) is 5. The van der Waals surface area contributed by atoms with Gasteiger partial charge < -0.3 is 20.6 Å². The Kier molecular flexibility index (Phi) is 4.79. The standard InChI is InChI=1S/C14H22N4O2/c1-10-6-7-12(13(15)17-19)14(16-10)20-9-11-5-3-4-8-18(11)2/h6-7,11,19H,3-5,8-9H2,1-2H3,(H2,15,17). The summed E-state index contributed by atoms with van der Waals surface area (Å²) in [5.74, 6) is 0.448. The number of hydrogen-bond donors (Lipinski definition) is 2. The van der Waals surface area contributed by atoms with E-state index < -0.39 is 0 Å². The molecule has 2 rings (SSSR count). The summed E-state index contributed by atoms with van der Waals surface area (Å²) < 4.78 is 5.83. The third kappa shape index (κ3) is 3.39. The van der Waals surface area contributed by atoms with E-state index in [0.29, 0.717) is 24.1 Å². The van der Waals surface area contributed by atoms with Crippen LogP contribution in [-0.2, 0) is 0 Å². The summed E-state index contributed by atoms with van der Waals surface area (Å²) in [6, 6.07) is 3.97. The zero-order valence-corrected chi connectivity index (χ0v) is 12.0. The van der Waals surface area contributed by atoms with Crippen molar-refractivity contribution < 1.29 is 9.94 Å². The zero-order valence-electron chi connectivity index (χ0n) is 12.0. The molecule has 0 saturated carbocycles. The van der Waals surface area contributed by atoms with Gasteiger partial charge in [-0.1, -0.05) is 11.6 Å². The molecule has 0 aliphatic carbocycles. The third-order valence-corrected chi connectivity index (χ3v) is 3.72. The van der Waals surface area contributed by atoms with Crippen LogP contribution in [0.3, 0.4) is 0 Å². The molecule has 20 heavy (non-hydrogen) atoms. The van der Waals surface area contributed by atoms with Gasteiger partial charge in [-0.2, -0.15) is 0 Å². The number of oxime groups is 1. The second-order valence-electron chi connectivity index (χ2n) is 5.23. The summed E-state index contributed by atoms with van der Waals surface area (Å²) >= 11 is 0. The van der Waals surface area contributed by atoms with Crippen LogP contribution in [0.15, 0.2) is 17.3 Å². The van der Waals surface area contributed by atoms with Crippen molar-refractivity contribution in [3.8, 4) is 5.88 Å². The van der Waals surface area contributed by atoms with Gasteiger partial charge in [-0.25, -0.2) is 4.98 Å². The molecule has 6 nitrogen and oxygen atoms in total. The van der Waals surface area contributed by atoms with E-state index in [1.54, 1.807) is 6.07 Å². The van der Waals surface area contributed by atoms with Crippen LogP contribution < -0.4 is 10.5 Å². The van der Waals surface area contributed by atoms with Crippen LogP contribution in [0.2, 0.25) is 0 Å². The molecule has 1 aromatic rings. The first-order valence-electron chi connectivity index (χ1n) is 6.90. The highest BCUT2D eigenvalue weighted by atomic mass is 16.5. The van der Waals surface area contributed by atoms with Crippen LogP contribution in [0.5, 0.6) is 5.88 Å². The lowest BCUT2D eigenvalue weighted by Crippen LogP contribution is -2.40. The van der Waals surface area contributed by atoms with Crippen LogP contribution in [-0.4, -0.2) is 47.2 Å². The molecule has 6 heteroatoms. The highest BCUT2D eigenvalue weighted by molar-refractivity contribution is 5.99. The summed E-state index contributed by atoms with van der Waals surface area (Å²) in [5.41, 5.74) is 7.01. The highest BCUT2D eigenvalue weighted by Crippen LogP contribution is 2.19. The van der Waals surface area contributed by atoms with E-state index in [4.69, 9.17) is 15.7 Å². The molecule has 1 saturated heterocycles. The van der Waals surface area contributed by atoms with Gasteiger partial charge in [0.05, 0.1) is 5.56 Å². The number of amidine groups is 1. The molecule has 0 aromatic carbocycles. The summed E-state index contributed by atoms with van der Waals surface area (Å²) in [6.45, 7) is 3.55. The molecule has 1 fully saturated rings. The minimum absolute atomic E-state index is 0.0181. The second kappa shape index (κ2) is 6.56. The van der Waals surface area contributed by atoms with Gasteiger partial charge in [0.25, 0.3) is 0 Å². The SMILES string of the molecule is Cc1ccc(C(N)=NO)c(OCC2CCCCN2C)n1. The van der Waals surface area contributed by atoms with Crippen molar-refractivity contribution in [3.05, 3.63) is 23.4 Å². The number of aromatic nitrogens is 1. The number of ether oxygens (including phenoxy) is 1. The number of piperidine rings is 1. The fraction of sp³-hybridized carbons (Fsp3) is 0.571. The van der Waals surface area contributed by atoms with E-state index in [2.05, 4.69) is 22.1 Å². The monoisotopic (exact) mass is 278 g/mol. The molecule has 0 radical (unpaired) electrons. The van der Waals surface area contributed by atoms with Crippen LogP contribution in [0.1, 0.15) is 30.5 Å². The Morgan fingerprint density at radius 2 is 2.35 bits per heavy atom. The number of pyridine rings is 1. The maximum Gasteiger partial charge on any atom is 0.224 e. The van der Waals surface area contributed by atoms with Crippen LogP contribution in [0.4, 0.5) is 0 Å². The first kappa shape index (κ1) is 14.6. The van der Waals surface area contributed by atoms with Gasteiger partial charge in [0, 0.05) is 11.7 Å². The number of likely N-dealkylation sites (tertiary alicyclic amines) is 1. The van der Waals surface area contributed by atoms with E-state index in [0.717, 1.165) is 18.7 Å². The predicted octanol–water partition coefficient (Wildman–Crippen LogP) is 1.35. The molecule has 1 aliphatic rings. The number of aryl methyl sites for hydroxylation is 1. The van der Waals surface area contributed by atoms with E-state index in [1.807, 2.05) is 13.0 Å². The van der Waals surface area contributed by atoms with Crippen LogP contribution >= 0.6 is 0 Å². The molecule has 2 heterocycles. The Balaban J connectivity index is 2.10. The van der Waals surface area contributed by atoms with Crippen molar-refractivity contribution in [1.82, 2.24) is 9.88 Å². The number of likely N-dealkylation sites (N-methyl/N-ethyl adjacent to an activating group) is 1. The van der Waals surface area contributed by atoms with Crippen molar-refractivity contribution in [2.45, 2.75) is 32.2 Å². The maximum atomic E-state index is 8.81. The quantitative estimate of drug-likeness (QED) is 0.376. The molecule has 0 spiro atoms. The summed E-state index contributed by atoms with van der Waals surface area (Å²) in [6.07, 6.45) is 3.60. The Hall–Kier alpha value is -1.82. The lowest BCUT2D eigenvalue weighted by Gasteiger charge is -2.32. The van der Waals surface area contributed by atoms with Gasteiger partial charge >= 0.3 is 0 Å². The molecule has 0 amide bonds. The van der Waals surface area contributed by atoms with Gasteiger partial charge in [-0.05, 0) is 45.5 Å². The fourth-order valence-corrected chi connectivity index (χ4v) is 2.42. The predicted molar refractivity (Wildman–Crippen MR) is 77.2 cm³/mol. The topological polar surface area (TPSA) is 84.0 Å². The van der Waals surface area contributed by atoms with E-state index in [1.165, 1.54) is 12.8 Å². The fourth-order valence-electron chi connectivity index (χ4n) is 2.42. The normalized spacial score (nSPS) is 20.9. The van der Waals surface area contributed by atoms with Crippen molar-refractivity contribution in [2.75, 3.05) is 20.2 Å². The maximum absolute atomic E-state index is 8.81. The molecule has 1 unspecified atom stereocenters. The Bertz CT molecular complexity index is 490. The van der Waals surface area contributed by atoms with E-state index in [9.17, 15) is 0 Å². The number of rotatable bonds is 4. The largest absolute Gasteiger partial charge is 0.475 e. The van der Waals surface area contributed by atoms with Gasteiger partial charge in [0.1, 0.15) is 6.61 Å². The van der Waals surface area contributed by atoms with Crippen LogP contribution in [0.25, 0.3) is 0 Å². The first-order valence-corrected chi connectivity index (χ1v) is 6.90. The molecule has 110 valence electrons. The van der Waals surface area contributed by atoms with Crippen molar-refractivity contribution in [3.63, 3.8) is 0 Å². The minimum Gasteiger partial charge on any atom is -0.475 e. The molecule has 1 aromatic heterocycles. The zero-order chi connectivity index (χ0) is 14.5. The molecule has 1 atom stereocenters. The minimum atomic E-state index is 0.0181. The summed E-state index contributed by atoms with van der Waals surface area (Å²) in [4.78, 5) is 6.65.